The number of fused-ring (bicyclic) bond motifs is 2. The number of imidazole rings is 1. The van der Waals surface area contributed by atoms with Gasteiger partial charge in [-0.05, 0) is 36.6 Å². The van der Waals surface area contributed by atoms with Crippen molar-refractivity contribution >= 4 is 11.6 Å². The molecule has 4 rings (SSSR count). The normalized spacial score (nSPS) is 16.8. The Labute approximate surface area is 146 Å². The summed E-state index contributed by atoms with van der Waals surface area (Å²) in [5.74, 6) is 1.02. The van der Waals surface area contributed by atoms with Crippen LogP contribution in [0, 0.1) is 5.92 Å². The predicted molar refractivity (Wildman–Crippen MR) is 95.4 cm³/mol. The number of ether oxygens (including phenoxy) is 1. The first-order valence-corrected chi connectivity index (χ1v) is 8.59. The minimum atomic E-state index is -0.0483. The maximum Gasteiger partial charge on any atom is 0.226 e. The number of pyridine rings is 1. The zero-order valence-electron chi connectivity index (χ0n) is 14.3. The van der Waals surface area contributed by atoms with E-state index in [9.17, 15) is 4.79 Å². The summed E-state index contributed by atoms with van der Waals surface area (Å²) in [4.78, 5) is 19.2. The first kappa shape index (κ1) is 15.7. The average molecular weight is 335 g/mol. The van der Waals surface area contributed by atoms with Gasteiger partial charge in [-0.1, -0.05) is 24.3 Å². The number of hydrogen-bond donors (Lipinski definition) is 0. The Kier molecular flexibility index (Phi) is 4.14. The molecule has 0 spiro atoms. The fourth-order valence-corrected chi connectivity index (χ4v) is 3.44. The van der Waals surface area contributed by atoms with Crippen molar-refractivity contribution in [3.05, 3.63) is 66.1 Å². The van der Waals surface area contributed by atoms with Crippen LogP contribution in [0.1, 0.15) is 17.7 Å². The highest BCUT2D eigenvalue weighted by molar-refractivity contribution is 5.79. The first-order valence-electron chi connectivity index (χ1n) is 8.59. The Morgan fingerprint density at radius 1 is 1.28 bits per heavy atom. The van der Waals surface area contributed by atoms with Crippen LogP contribution in [-0.4, -0.2) is 33.8 Å². The summed E-state index contributed by atoms with van der Waals surface area (Å²) in [6.45, 7) is 1.12. The van der Waals surface area contributed by atoms with Gasteiger partial charge in [0.05, 0.1) is 25.0 Å². The summed E-state index contributed by atoms with van der Waals surface area (Å²) in [5.41, 5.74) is 3.02. The number of hydrogen-bond acceptors (Lipinski definition) is 3. The number of nitrogens with zero attached hydrogens (tertiary/aromatic N) is 3. The largest absolute Gasteiger partial charge is 0.493 e. The zero-order chi connectivity index (χ0) is 17.2. The van der Waals surface area contributed by atoms with E-state index < -0.39 is 0 Å². The molecule has 0 radical (unpaired) electrons. The molecular weight excluding hydrogens is 314 g/mol. The van der Waals surface area contributed by atoms with Crippen LogP contribution in [0.2, 0.25) is 0 Å². The van der Waals surface area contributed by atoms with E-state index in [1.807, 2.05) is 66.3 Å². The molecule has 1 atom stereocenters. The van der Waals surface area contributed by atoms with E-state index in [0.717, 1.165) is 35.5 Å². The molecular formula is C20H21N3O2. The molecule has 5 nitrogen and oxygen atoms in total. The number of aromatic nitrogens is 2. The SMILES string of the molecule is CN(Cc1cnc2ccccn12)C(=O)C1CCOc2ccccc2C1. The average Bonchev–Trinajstić information content (AvgIpc) is 2.91. The summed E-state index contributed by atoms with van der Waals surface area (Å²) in [7, 11) is 1.86. The van der Waals surface area contributed by atoms with Crippen molar-refractivity contribution in [3.8, 4) is 5.75 Å². The standard InChI is InChI=1S/C20H21N3O2/c1-22(14-17-13-21-19-8-4-5-10-23(17)19)20(24)16-9-11-25-18-7-3-2-6-15(18)12-16/h2-8,10,13,16H,9,11-12,14H2,1H3. The lowest BCUT2D eigenvalue weighted by Gasteiger charge is -2.22. The van der Waals surface area contributed by atoms with Gasteiger partial charge in [0.1, 0.15) is 11.4 Å². The van der Waals surface area contributed by atoms with Crippen molar-refractivity contribution in [1.82, 2.24) is 14.3 Å². The maximum atomic E-state index is 13.0. The van der Waals surface area contributed by atoms with Crippen molar-refractivity contribution in [1.29, 1.82) is 0 Å². The second kappa shape index (κ2) is 6.59. The summed E-state index contributed by atoms with van der Waals surface area (Å²) >= 11 is 0. The number of amides is 1. The van der Waals surface area contributed by atoms with Gasteiger partial charge in [0.25, 0.3) is 0 Å². The third-order valence-corrected chi connectivity index (χ3v) is 4.78. The zero-order valence-corrected chi connectivity index (χ0v) is 14.3. The molecule has 1 aromatic carbocycles. The lowest BCUT2D eigenvalue weighted by molar-refractivity contribution is -0.135. The molecule has 1 unspecified atom stereocenters. The van der Waals surface area contributed by atoms with E-state index in [-0.39, 0.29) is 11.8 Å². The van der Waals surface area contributed by atoms with E-state index in [2.05, 4.69) is 4.98 Å². The van der Waals surface area contributed by atoms with Crippen LogP contribution in [0.4, 0.5) is 0 Å². The Hall–Kier alpha value is -2.82. The van der Waals surface area contributed by atoms with Crippen molar-refractivity contribution in [2.24, 2.45) is 5.92 Å². The number of carbonyl (C=O) groups is 1. The van der Waals surface area contributed by atoms with E-state index in [0.29, 0.717) is 13.2 Å². The van der Waals surface area contributed by atoms with Crippen LogP contribution in [0.25, 0.3) is 5.65 Å². The topological polar surface area (TPSA) is 46.8 Å². The number of benzene rings is 1. The van der Waals surface area contributed by atoms with Crippen LogP contribution in [0.15, 0.2) is 54.9 Å². The molecule has 0 fully saturated rings. The van der Waals surface area contributed by atoms with E-state index >= 15 is 0 Å². The molecule has 0 saturated carbocycles. The van der Waals surface area contributed by atoms with Crippen LogP contribution in [0.5, 0.6) is 5.75 Å². The van der Waals surface area contributed by atoms with Gasteiger partial charge < -0.3 is 14.0 Å². The highest BCUT2D eigenvalue weighted by Crippen LogP contribution is 2.27. The van der Waals surface area contributed by atoms with Crippen LogP contribution in [0.3, 0.4) is 0 Å². The lowest BCUT2D eigenvalue weighted by Crippen LogP contribution is -2.34. The quantitative estimate of drug-likeness (QED) is 0.739. The summed E-state index contributed by atoms with van der Waals surface area (Å²) < 4.78 is 7.81. The summed E-state index contributed by atoms with van der Waals surface area (Å²) in [5, 5.41) is 0. The highest BCUT2D eigenvalue weighted by Gasteiger charge is 2.26. The Bertz CT molecular complexity index is 903. The van der Waals surface area contributed by atoms with Gasteiger partial charge in [0, 0.05) is 19.2 Å². The van der Waals surface area contributed by atoms with Gasteiger partial charge in [0.2, 0.25) is 5.91 Å². The summed E-state index contributed by atoms with van der Waals surface area (Å²) in [6, 6.07) is 13.9. The minimum absolute atomic E-state index is 0.0483. The van der Waals surface area contributed by atoms with Crippen molar-refractivity contribution < 1.29 is 9.53 Å². The van der Waals surface area contributed by atoms with Gasteiger partial charge in [-0.2, -0.15) is 0 Å². The van der Waals surface area contributed by atoms with Crippen LogP contribution >= 0.6 is 0 Å². The highest BCUT2D eigenvalue weighted by atomic mass is 16.5. The minimum Gasteiger partial charge on any atom is -0.493 e. The van der Waals surface area contributed by atoms with Crippen molar-refractivity contribution in [2.45, 2.75) is 19.4 Å². The molecule has 1 aliphatic rings. The molecule has 3 heterocycles. The van der Waals surface area contributed by atoms with E-state index in [1.165, 1.54) is 0 Å². The van der Waals surface area contributed by atoms with Crippen molar-refractivity contribution in [2.75, 3.05) is 13.7 Å². The van der Waals surface area contributed by atoms with Gasteiger partial charge in [-0.25, -0.2) is 4.98 Å². The number of para-hydroxylation sites is 1. The molecule has 0 N–H and O–H groups in total. The lowest BCUT2D eigenvalue weighted by atomic mass is 9.95. The molecule has 2 aromatic heterocycles. The molecule has 1 aliphatic heterocycles. The molecule has 1 amide bonds. The second-order valence-electron chi connectivity index (χ2n) is 6.52. The maximum absolute atomic E-state index is 13.0. The third kappa shape index (κ3) is 3.09. The molecule has 0 bridgehead atoms. The molecule has 0 saturated heterocycles. The number of carbonyl (C=O) groups excluding carboxylic acids is 1. The van der Waals surface area contributed by atoms with Gasteiger partial charge >= 0.3 is 0 Å². The monoisotopic (exact) mass is 335 g/mol. The molecule has 0 aliphatic carbocycles. The Balaban J connectivity index is 1.50. The predicted octanol–water partition coefficient (Wildman–Crippen LogP) is 2.93. The van der Waals surface area contributed by atoms with E-state index in [4.69, 9.17) is 4.74 Å². The van der Waals surface area contributed by atoms with Gasteiger partial charge in [-0.3, -0.25) is 4.79 Å². The fourth-order valence-electron chi connectivity index (χ4n) is 3.44. The fraction of sp³-hybridized carbons (Fsp3) is 0.300. The first-order chi connectivity index (χ1) is 12.2. The Morgan fingerprint density at radius 3 is 3.04 bits per heavy atom. The van der Waals surface area contributed by atoms with Gasteiger partial charge in [-0.15, -0.1) is 0 Å². The van der Waals surface area contributed by atoms with E-state index in [1.54, 1.807) is 4.90 Å². The van der Waals surface area contributed by atoms with Crippen molar-refractivity contribution in [3.63, 3.8) is 0 Å². The Morgan fingerprint density at radius 2 is 2.12 bits per heavy atom. The molecule has 25 heavy (non-hydrogen) atoms. The second-order valence-corrected chi connectivity index (χ2v) is 6.52. The summed E-state index contributed by atoms with van der Waals surface area (Å²) in [6.07, 6.45) is 5.29. The van der Waals surface area contributed by atoms with Crippen LogP contribution < -0.4 is 4.74 Å². The smallest absolute Gasteiger partial charge is 0.226 e. The molecule has 128 valence electrons. The number of rotatable bonds is 3. The molecule has 3 aromatic rings. The third-order valence-electron chi connectivity index (χ3n) is 4.78. The van der Waals surface area contributed by atoms with Gasteiger partial charge in [0.15, 0.2) is 0 Å². The van der Waals surface area contributed by atoms with Crippen LogP contribution in [-0.2, 0) is 17.8 Å². The molecule has 5 heteroatoms.